The van der Waals surface area contributed by atoms with Crippen LogP contribution in [0.3, 0.4) is 0 Å². The number of Topliss-reactive ketones (excluding diaryl/α,β-unsaturated/α-hetero) is 1. The van der Waals surface area contributed by atoms with Crippen LogP contribution in [0.2, 0.25) is 0 Å². The van der Waals surface area contributed by atoms with Crippen molar-refractivity contribution in [1.29, 1.82) is 0 Å². The van der Waals surface area contributed by atoms with Gasteiger partial charge in [0.05, 0.1) is 0 Å². The van der Waals surface area contributed by atoms with E-state index < -0.39 is 0 Å². The first-order valence-electron chi connectivity index (χ1n) is 5.49. The minimum absolute atomic E-state index is 0.0997. The van der Waals surface area contributed by atoms with E-state index in [2.05, 4.69) is 31.9 Å². The molecule has 0 aliphatic carbocycles. The van der Waals surface area contributed by atoms with Crippen LogP contribution in [-0.4, -0.2) is 5.78 Å². The third-order valence-electron chi connectivity index (χ3n) is 2.68. The number of nitrogens with two attached hydrogens (primary N) is 1. The van der Waals surface area contributed by atoms with Crippen molar-refractivity contribution in [2.45, 2.75) is 6.42 Å². The molecule has 0 heterocycles. The predicted molar refractivity (Wildman–Crippen MR) is 80.7 cm³/mol. The van der Waals surface area contributed by atoms with Crippen LogP contribution in [0.1, 0.15) is 15.9 Å². The Bertz CT molecular complexity index is 643. The summed E-state index contributed by atoms with van der Waals surface area (Å²) in [7, 11) is 0. The molecule has 0 bridgehead atoms. The Balaban J connectivity index is 2.25. The zero-order valence-electron chi connectivity index (χ0n) is 9.79. The second kappa shape index (κ2) is 5.84. The fourth-order valence-corrected chi connectivity index (χ4v) is 2.59. The third kappa shape index (κ3) is 3.42. The van der Waals surface area contributed by atoms with Gasteiger partial charge in [-0.1, -0.05) is 37.9 Å². The standard InChI is InChI=1S/C14H10Br2FNO/c15-9-2-4-11(13(18)6-9)14(19)5-8-1-3-10(17)7-12(8)16/h1-4,6-7H,5,18H2. The summed E-state index contributed by atoms with van der Waals surface area (Å²) in [4.78, 5) is 12.2. The van der Waals surface area contributed by atoms with E-state index in [0.29, 0.717) is 15.7 Å². The van der Waals surface area contributed by atoms with Crippen molar-refractivity contribution >= 4 is 43.3 Å². The molecule has 2 rings (SSSR count). The molecule has 5 heteroatoms. The number of rotatable bonds is 3. The Kier molecular flexibility index (Phi) is 4.37. The average molecular weight is 387 g/mol. The smallest absolute Gasteiger partial charge is 0.169 e. The molecule has 0 fully saturated rings. The van der Waals surface area contributed by atoms with Gasteiger partial charge in [0.2, 0.25) is 0 Å². The average Bonchev–Trinajstić information content (AvgIpc) is 2.32. The maximum atomic E-state index is 13.0. The summed E-state index contributed by atoms with van der Waals surface area (Å²) >= 11 is 6.54. The molecule has 0 saturated carbocycles. The highest BCUT2D eigenvalue weighted by molar-refractivity contribution is 9.10. The first-order chi connectivity index (χ1) is 8.97. The van der Waals surface area contributed by atoms with Crippen molar-refractivity contribution in [3.8, 4) is 0 Å². The first kappa shape index (κ1) is 14.2. The largest absolute Gasteiger partial charge is 0.398 e. The van der Waals surface area contributed by atoms with Gasteiger partial charge < -0.3 is 5.73 Å². The monoisotopic (exact) mass is 385 g/mol. The molecule has 2 aromatic rings. The Labute approximate surface area is 127 Å². The van der Waals surface area contributed by atoms with Crippen LogP contribution in [0.25, 0.3) is 0 Å². The lowest BCUT2D eigenvalue weighted by Gasteiger charge is -2.07. The molecule has 0 spiro atoms. The molecule has 0 aliphatic heterocycles. The van der Waals surface area contributed by atoms with Gasteiger partial charge in [-0.15, -0.1) is 0 Å². The summed E-state index contributed by atoms with van der Waals surface area (Å²) in [5.74, 6) is -0.441. The number of halogens is 3. The molecule has 2 N–H and O–H groups in total. The number of hydrogen-bond donors (Lipinski definition) is 1. The van der Waals surface area contributed by atoms with Gasteiger partial charge in [0, 0.05) is 26.6 Å². The van der Waals surface area contributed by atoms with Crippen LogP contribution in [-0.2, 0) is 6.42 Å². The fourth-order valence-electron chi connectivity index (χ4n) is 1.72. The van der Waals surface area contributed by atoms with Crippen LogP contribution >= 0.6 is 31.9 Å². The molecule has 0 amide bonds. The minimum atomic E-state index is -0.341. The highest BCUT2D eigenvalue weighted by Crippen LogP contribution is 2.23. The molecule has 0 saturated heterocycles. The number of anilines is 1. The Morgan fingerprint density at radius 1 is 1.16 bits per heavy atom. The van der Waals surface area contributed by atoms with Crippen LogP contribution in [0.4, 0.5) is 10.1 Å². The summed E-state index contributed by atoms with van der Waals surface area (Å²) in [6, 6.07) is 9.40. The SMILES string of the molecule is Nc1cc(Br)ccc1C(=O)Cc1ccc(F)cc1Br. The van der Waals surface area contributed by atoms with E-state index in [1.54, 1.807) is 24.3 Å². The normalized spacial score (nSPS) is 10.5. The van der Waals surface area contributed by atoms with Gasteiger partial charge in [0.25, 0.3) is 0 Å². The maximum Gasteiger partial charge on any atom is 0.169 e. The first-order valence-corrected chi connectivity index (χ1v) is 7.08. The van der Waals surface area contributed by atoms with E-state index in [-0.39, 0.29) is 18.0 Å². The highest BCUT2D eigenvalue weighted by atomic mass is 79.9. The van der Waals surface area contributed by atoms with Gasteiger partial charge >= 0.3 is 0 Å². The van der Waals surface area contributed by atoms with E-state index in [0.717, 1.165) is 10.0 Å². The number of carbonyl (C=O) groups excluding carboxylic acids is 1. The van der Waals surface area contributed by atoms with Gasteiger partial charge in [-0.3, -0.25) is 4.79 Å². The predicted octanol–water partition coefficient (Wildman–Crippen LogP) is 4.36. The van der Waals surface area contributed by atoms with Gasteiger partial charge in [0.15, 0.2) is 5.78 Å². The summed E-state index contributed by atoms with van der Waals surface area (Å²) in [5.41, 5.74) is 7.45. The van der Waals surface area contributed by atoms with Crippen molar-refractivity contribution in [3.05, 3.63) is 62.3 Å². The van der Waals surface area contributed by atoms with E-state index in [9.17, 15) is 9.18 Å². The third-order valence-corrected chi connectivity index (χ3v) is 3.91. The molecule has 2 aromatic carbocycles. The lowest BCUT2D eigenvalue weighted by atomic mass is 10.0. The summed E-state index contributed by atoms with van der Waals surface area (Å²) in [5, 5.41) is 0. The van der Waals surface area contributed by atoms with Crippen molar-refractivity contribution in [2.75, 3.05) is 5.73 Å². The Morgan fingerprint density at radius 2 is 1.89 bits per heavy atom. The van der Waals surface area contributed by atoms with Crippen molar-refractivity contribution in [2.24, 2.45) is 0 Å². The number of carbonyl (C=O) groups is 1. The minimum Gasteiger partial charge on any atom is -0.398 e. The maximum absolute atomic E-state index is 13.0. The zero-order chi connectivity index (χ0) is 14.0. The zero-order valence-corrected chi connectivity index (χ0v) is 13.0. The Morgan fingerprint density at radius 3 is 2.53 bits per heavy atom. The van der Waals surface area contributed by atoms with Gasteiger partial charge in [-0.2, -0.15) is 0 Å². The van der Waals surface area contributed by atoms with Crippen LogP contribution in [0, 0.1) is 5.82 Å². The second-order valence-corrected chi connectivity index (χ2v) is 5.84. The second-order valence-electron chi connectivity index (χ2n) is 4.07. The van der Waals surface area contributed by atoms with Crippen LogP contribution in [0.15, 0.2) is 45.3 Å². The number of hydrogen-bond acceptors (Lipinski definition) is 2. The number of benzene rings is 2. The lowest BCUT2D eigenvalue weighted by molar-refractivity contribution is 0.0993. The summed E-state index contributed by atoms with van der Waals surface area (Å²) < 4.78 is 14.4. The molecule has 0 atom stereocenters. The van der Waals surface area contributed by atoms with E-state index in [1.165, 1.54) is 12.1 Å². The topological polar surface area (TPSA) is 43.1 Å². The van der Waals surface area contributed by atoms with Crippen LogP contribution < -0.4 is 5.73 Å². The van der Waals surface area contributed by atoms with Crippen molar-refractivity contribution < 1.29 is 9.18 Å². The summed E-state index contributed by atoms with van der Waals surface area (Å²) in [6.07, 6.45) is 0.173. The van der Waals surface area contributed by atoms with E-state index in [1.807, 2.05) is 0 Å². The highest BCUT2D eigenvalue weighted by Gasteiger charge is 2.13. The molecule has 98 valence electrons. The fraction of sp³-hybridized carbons (Fsp3) is 0.0714. The van der Waals surface area contributed by atoms with Crippen molar-refractivity contribution in [3.63, 3.8) is 0 Å². The quantitative estimate of drug-likeness (QED) is 0.629. The van der Waals surface area contributed by atoms with E-state index in [4.69, 9.17) is 5.73 Å². The molecule has 19 heavy (non-hydrogen) atoms. The number of ketones is 1. The molecule has 0 unspecified atom stereocenters. The Hall–Kier alpha value is -1.20. The van der Waals surface area contributed by atoms with Gasteiger partial charge in [-0.05, 0) is 35.9 Å². The molecular weight excluding hydrogens is 377 g/mol. The number of nitrogen functional groups attached to an aromatic ring is 1. The lowest BCUT2D eigenvalue weighted by Crippen LogP contribution is -2.07. The molecular formula is C14H10Br2FNO. The van der Waals surface area contributed by atoms with E-state index >= 15 is 0 Å². The van der Waals surface area contributed by atoms with Gasteiger partial charge in [0.1, 0.15) is 5.82 Å². The van der Waals surface area contributed by atoms with Gasteiger partial charge in [-0.25, -0.2) is 4.39 Å². The molecule has 0 radical (unpaired) electrons. The molecule has 0 aromatic heterocycles. The van der Waals surface area contributed by atoms with Crippen LogP contribution in [0.5, 0.6) is 0 Å². The van der Waals surface area contributed by atoms with Crippen molar-refractivity contribution in [1.82, 2.24) is 0 Å². The molecule has 0 aliphatic rings. The molecule has 2 nitrogen and oxygen atoms in total. The summed E-state index contributed by atoms with van der Waals surface area (Å²) in [6.45, 7) is 0.